The van der Waals surface area contributed by atoms with E-state index >= 15 is 0 Å². The van der Waals surface area contributed by atoms with Crippen LogP contribution in [0.1, 0.15) is 30.9 Å². The van der Waals surface area contributed by atoms with Gasteiger partial charge in [0.1, 0.15) is 24.1 Å². The van der Waals surface area contributed by atoms with E-state index in [2.05, 4.69) is 5.32 Å². The van der Waals surface area contributed by atoms with Crippen LogP contribution in [0.5, 0.6) is 11.5 Å². The molecule has 264 valence electrons. The van der Waals surface area contributed by atoms with Gasteiger partial charge in [0.25, 0.3) is 10.0 Å². The highest BCUT2D eigenvalue weighted by molar-refractivity contribution is 7.92. The van der Waals surface area contributed by atoms with E-state index in [0.29, 0.717) is 33.7 Å². The van der Waals surface area contributed by atoms with Crippen LogP contribution in [0, 0.1) is 0 Å². The molecule has 2 amide bonds. The van der Waals surface area contributed by atoms with E-state index in [-0.39, 0.29) is 29.5 Å². The zero-order valence-corrected chi connectivity index (χ0v) is 30.4. The van der Waals surface area contributed by atoms with Crippen LogP contribution in [0.4, 0.5) is 5.69 Å². The molecule has 0 spiro atoms. The third-order valence-electron chi connectivity index (χ3n) is 8.20. The lowest BCUT2D eigenvalue weighted by Gasteiger charge is -2.34. The maximum Gasteiger partial charge on any atom is 0.264 e. The molecule has 0 fully saturated rings. The highest BCUT2D eigenvalue weighted by atomic mass is 35.5. The van der Waals surface area contributed by atoms with Crippen molar-refractivity contribution in [2.24, 2.45) is 0 Å². The largest absolute Gasteiger partial charge is 0.457 e. The molecule has 5 aromatic rings. The molecule has 0 bridgehead atoms. The number of para-hydroxylation sites is 1. The van der Waals surface area contributed by atoms with E-state index in [1.165, 1.54) is 17.0 Å². The Hall–Kier alpha value is -4.83. The van der Waals surface area contributed by atoms with Crippen molar-refractivity contribution < 1.29 is 22.7 Å². The van der Waals surface area contributed by atoms with Crippen LogP contribution < -0.4 is 14.4 Å². The summed E-state index contributed by atoms with van der Waals surface area (Å²) in [6, 6.07) is 36.9. The summed E-state index contributed by atoms with van der Waals surface area (Å²) >= 11 is 13.2. The summed E-state index contributed by atoms with van der Waals surface area (Å²) < 4.78 is 35.6. The second kappa shape index (κ2) is 17.9. The summed E-state index contributed by atoms with van der Waals surface area (Å²) in [6.07, 6.45) is 1.79. The smallest absolute Gasteiger partial charge is 0.264 e. The van der Waals surface area contributed by atoms with Gasteiger partial charge in [0.15, 0.2) is 0 Å². The fraction of sp³-hybridized carbons (Fsp3) is 0.200. The second-order valence-corrected chi connectivity index (χ2v) is 14.5. The van der Waals surface area contributed by atoms with E-state index in [1.54, 1.807) is 60.7 Å². The number of carbonyl (C=O) groups excluding carboxylic acids is 2. The number of benzene rings is 5. The Balaban J connectivity index is 1.56. The maximum absolute atomic E-state index is 14.7. The minimum absolute atomic E-state index is 0.00116. The highest BCUT2D eigenvalue weighted by Crippen LogP contribution is 2.30. The molecule has 0 aromatic heterocycles. The fourth-order valence-electron chi connectivity index (χ4n) is 5.47. The number of hydrogen-bond acceptors (Lipinski definition) is 5. The minimum atomic E-state index is -4.27. The van der Waals surface area contributed by atoms with E-state index in [0.717, 1.165) is 22.7 Å². The van der Waals surface area contributed by atoms with Crippen molar-refractivity contribution in [3.05, 3.63) is 155 Å². The van der Waals surface area contributed by atoms with Gasteiger partial charge in [0, 0.05) is 35.1 Å². The van der Waals surface area contributed by atoms with Gasteiger partial charge >= 0.3 is 0 Å². The molecule has 0 unspecified atom stereocenters. The van der Waals surface area contributed by atoms with Crippen molar-refractivity contribution in [1.29, 1.82) is 0 Å². The number of anilines is 1. The zero-order chi connectivity index (χ0) is 36.2. The Bertz CT molecular complexity index is 1980. The standard InChI is InChI=1S/C40H39Cl2N3O5S/c1-2-3-26-43-40(47)38(27-30-14-7-4-8-15-30)44(28-35-36(41)20-13-21-37(35)42)39(46)29-45(51(48,49)34-18-11-6-12-19-34)31-22-24-33(25-23-31)50-32-16-9-5-10-17-32/h4-25,38H,2-3,26-29H2,1H3,(H,43,47)/t38-/m1/s1. The van der Waals surface area contributed by atoms with Crippen molar-refractivity contribution in [2.75, 3.05) is 17.4 Å². The summed E-state index contributed by atoms with van der Waals surface area (Å²) in [5.74, 6) is 0.102. The topological polar surface area (TPSA) is 96.0 Å². The molecule has 0 aliphatic heterocycles. The Morgan fingerprint density at radius 2 is 1.31 bits per heavy atom. The minimum Gasteiger partial charge on any atom is -0.457 e. The molecule has 51 heavy (non-hydrogen) atoms. The SMILES string of the molecule is CCCCNC(=O)[C@@H](Cc1ccccc1)N(Cc1c(Cl)cccc1Cl)C(=O)CN(c1ccc(Oc2ccccc2)cc1)S(=O)(=O)c1ccccc1. The van der Waals surface area contributed by atoms with Crippen LogP contribution in [0.25, 0.3) is 0 Å². The van der Waals surface area contributed by atoms with Crippen molar-refractivity contribution >= 4 is 50.7 Å². The number of halogens is 2. The highest BCUT2D eigenvalue weighted by Gasteiger charge is 2.35. The van der Waals surface area contributed by atoms with Crippen molar-refractivity contribution in [1.82, 2.24) is 10.2 Å². The lowest BCUT2D eigenvalue weighted by Crippen LogP contribution is -2.53. The van der Waals surface area contributed by atoms with E-state index < -0.39 is 28.5 Å². The van der Waals surface area contributed by atoms with Gasteiger partial charge in [-0.1, -0.05) is 109 Å². The van der Waals surface area contributed by atoms with Gasteiger partial charge in [-0.25, -0.2) is 8.42 Å². The van der Waals surface area contributed by atoms with E-state index in [9.17, 15) is 18.0 Å². The number of nitrogens with one attached hydrogen (secondary N) is 1. The molecule has 1 atom stereocenters. The predicted molar refractivity (Wildman–Crippen MR) is 203 cm³/mol. The number of ether oxygens (including phenoxy) is 1. The molecule has 8 nitrogen and oxygen atoms in total. The van der Waals surface area contributed by atoms with Crippen LogP contribution in [-0.4, -0.2) is 44.3 Å². The van der Waals surface area contributed by atoms with Crippen molar-refractivity contribution in [3.63, 3.8) is 0 Å². The van der Waals surface area contributed by atoms with E-state index in [1.807, 2.05) is 67.6 Å². The van der Waals surface area contributed by atoms with Gasteiger partial charge in [-0.3, -0.25) is 13.9 Å². The molecule has 5 rings (SSSR count). The molecule has 11 heteroatoms. The molecule has 0 aliphatic rings. The first-order chi connectivity index (χ1) is 24.7. The molecule has 0 saturated carbocycles. The maximum atomic E-state index is 14.7. The number of hydrogen-bond donors (Lipinski definition) is 1. The number of unbranched alkanes of at least 4 members (excludes halogenated alkanes) is 1. The second-order valence-electron chi connectivity index (χ2n) is 11.8. The van der Waals surface area contributed by atoms with Gasteiger partial charge in [-0.15, -0.1) is 0 Å². The first kappa shape index (κ1) is 37.4. The van der Waals surface area contributed by atoms with Gasteiger partial charge in [0.2, 0.25) is 11.8 Å². The molecular weight excluding hydrogens is 705 g/mol. The molecule has 0 heterocycles. The zero-order valence-electron chi connectivity index (χ0n) is 28.1. The van der Waals surface area contributed by atoms with E-state index in [4.69, 9.17) is 27.9 Å². The first-order valence-electron chi connectivity index (χ1n) is 16.6. The quantitative estimate of drug-likeness (QED) is 0.102. The normalized spacial score (nSPS) is 11.7. The van der Waals surface area contributed by atoms with Crippen LogP contribution in [0.15, 0.2) is 138 Å². The lowest BCUT2D eigenvalue weighted by molar-refractivity contribution is -0.140. The molecule has 1 N–H and O–H groups in total. The molecule has 0 aliphatic carbocycles. The van der Waals surface area contributed by atoms with Gasteiger partial charge in [0.05, 0.1) is 10.6 Å². The van der Waals surface area contributed by atoms with Crippen LogP contribution in [-0.2, 0) is 32.6 Å². The summed E-state index contributed by atoms with van der Waals surface area (Å²) in [5.41, 5.74) is 1.49. The Kier molecular flexibility index (Phi) is 13.1. The predicted octanol–water partition coefficient (Wildman–Crippen LogP) is 8.54. The Morgan fingerprint density at radius 3 is 1.92 bits per heavy atom. The van der Waals surface area contributed by atoms with Crippen LogP contribution in [0.3, 0.4) is 0 Å². The number of carbonyl (C=O) groups is 2. The third-order valence-corrected chi connectivity index (χ3v) is 10.7. The van der Waals surface area contributed by atoms with Gasteiger partial charge < -0.3 is 15.0 Å². The summed E-state index contributed by atoms with van der Waals surface area (Å²) in [7, 11) is -4.27. The van der Waals surface area contributed by atoms with Crippen molar-refractivity contribution in [3.8, 4) is 11.5 Å². The summed E-state index contributed by atoms with van der Waals surface area (Å²) in [4.78, 5) is 30.1. The fourth-order valence-corrected chi connectivity index (χ4v) is 7.42. The number of rotatable bonds is 16. The third kappa shape index (κ3) is 9.91. The summed E-state index contributed by atoms with van der Waals surface area (Å²) in [6.45, 7) is 1.68. The van der Waals surface area contributed by atoms with Gasteiger partial charge in [-0.05, 0) is 72.6 Å². The number of sulfonamides is 1. The average molecular weight is 745 g/mol. The molecule has 0 radical (unpaired) electrons. The molecule has 0 saturated heterocycles. The lowest BCUT2D eigenvalue weighted by atomic mass is 10.0. The monoisotopic (exact) mass is 743 g/mol. The first-order valence-corrected chi connectivity index (χ1v) is 18.8. The van der Waals surface area contributed by atoms with Gasteiger partial charge in [-0.2, -0.15) is 0 Å². The van der Waals surface area contributed by atoms with Crippen molar-refractivity contribution in [2.45, 2.75) is 43.7 Å². The van der Waals surface area contributed by atoms with Crippen LogP contribution >= 0.6 is 23.2 Å². The van der Waals surface area contributed by atoms with Crippen LogP contribution in [0.2, 0.25) is 10.0 Å². The molecule has 5 aromatic carbocycles. The Labute approximate surface area is 309 Å². The summed E-state index contributed by atoms with van der Waals surface area (Å²) in [5, 5.41) is 3.60. The number of nitrogens with zero attached hydrogens (tertiary/aromatic N) is 2. The number of amides is 2. The average Bonchev–Trinajstić information content (AvgIpc) is 3.14. The Morgan fingerprint density at radius 1 is 0.745 bits per heavy atom. The molecular formula is C40H39Cl2N3O5S.